The van der Waals surface area contributed by atoms with Crippen LogP contribution in [0.5, 0.6) is 0 Å². The smallest absolute Gasteiger partial charge is 0.224 e. The second kappa shape index (κ2) is 6.12. The molecule has 80 valence electrons. The van der Waals surface area contributed by atoms with Crippen LogP contribution in [0.25, 0.3) is 0 Å². The molecule has 4 heteroatoms. The molecule has 0 bridgehead atoms. The van der Waals surface area contributed by atoms with Crippen molar-refractivity contribution in [3.63, 3.8) is 0 Å². The Bertz CT molecular complexity index is 379. The molecule has 0 unspecified atom stereocenters. The van der Waals surface area contributed by atoms with Crippen molar-refractivity contribution < 1.29 is 4.79 Å². The van der Waals surface area contributed by atoms with E-state index in [0.29, 0.717) is 23.6 Å². The largest absolute Gasteiger partial charge is 0.325 e. The minimum atomic E-state index is -0.0428. The first-order valence-electron chi connectivity index (χ1n) is 4.49. The van der Waals surface area contributed by atoms with E-state index >= 15 is 0 Å². The molecule has 0 spiro atoms. The van der Waals surface area contributed by atoms with Crippen LogP contribution in [0.2, 0.25) is 5.02 Å². The zero-order valence-corrected chi connectivity index (χ0v) is 11.0. The van der Waals surface area contributed by atoms with Gasteiger partial charge in [0.05, 0.1) is 10.7 Å². The number of halogens is 2. The van der Waals surface area contributed by atoms with Crippen molar-refractivity contribution in [1.82, 2.24) is 0 Å². The third kappa shape index (κ3) is 4.22. The highest BCUT2D eigenvalue weighted by Gasteiger charge is 2.05. The molecule has 0 heterocycles. The highest BCUT2D eigenvalue weighted by molar-refractivity contribution is 14.1. The lowest BCUT2D eigenvalue weighted by atomic mass is 10.2. The van der Waals surface area contributed by atoms with Gasteiger partial charge in [-0.3, -0.25) is 4.79 Å². The van der Waals surface area contributed by atoms with E-state index in [1.165, 1.54) is 0 Å². The van der Waals surface area contributed by atoms with Gasteiger partial charge in [0, 0.05) is 9.99 Å². The SMILES string of the molecule is C=CCCC(=O)Nc1cc(I)ccc1Cl. The molecule has 1 aromatic carbocycles. The summed E-state index contributed by atoms with van der Waals surface area (Å²) in [5, 5.41) is 3.32. The molecule has 1 aromatic rings. The lowest BCUT2D eigenvalue weighted by Crippen LogP contribution is -2.11. The van der Waals surface area contributed by atoms with Crippen LogP contribution >= 0.6 is 34.2 Å². The molecule has 0 radical (unpaired) electrons. The number of benzene rings is 1. The third-order valence-corrected chi connectivity index (χ3v) is 2.78. The fraction of sp³-hybridized carbons (Fsp3) is 0.182. The number of hydrogen-bond acceptors (Lipinski definition) is 1. The van der Waals surface area contributed by atoms with Gasteiger partial charge in [-0.2, -0.15) is 0 Å². The van der Waals surface area contributed by atoms with Crippen LogP contribution < -0.4 is 5.32 Å². The molecule has 0 aromatic heterocycles. The standard InChI is InChI=1S/C11H11ClINO/c1-2-3-4-11(15)14-10-7-8(13)5-6-9(10)12/h2,5-7H,1,3-4H2,(H,14,15). The summed E-state index contributed by atoms with van der Waals surface area (Å²) >= 11 is 8.11. The number of allylic oxidation sites excluding steroid dienone is 1. The zero-order chi connectivity index (χ0) is 11.3. The predicted octanol–water partition coefficient (Wildman–Crippen LogP) is 3.85. The van der Waals surface area contributed by atoms with Gasteiger partial charge in [-0.05, 0) is 47.2 Å². The van der Waals surface area contributed by atoms with Gasteiger partial charge in [-0.25, -0.2) is 0 Å². The van der Waals surface area contributed by atoms with Crippen molar-refractivity contribution in [2.45, 2.75) is 12.8 Å². The second-order valence-corrected chi connectivity index (χ2v) is 4.65. The van der Waals surface area contributed by atoms with E-state index in [1.807, 2.05) is 12.1 Å². The Hall–Kier alpha value is -0.550. The number of carbonyl (C=O) groups is 1. The Morgan fingerprint density at radius 3 is 3.00 bits per heavy atom. The van der Waals surface area contributed by atoms with Gasteiger partial charge in [0.2, 0.25) is 5.91 Å². The number of rotatable bonds is 4. The summed E-state index contributed by atoms with van der Waals surface area (Å²) in [5.74, 6) is -0.0428. The van der Waals surface area contributed by atoms with Gasteiger partial charge in [0.1, 0.15) is 0 Å². The number of amides is 1. The van der Waals surface area contributed by atoms with Crippen LogP contribution in [0.3, 0.4) is 0 Å². The summed E-state index contributed by atoms with van der Waals surface area (Å²) in [7, 11) is 0. The molecule has 0 saturated carbocycles. The third-order valence-electron chi connectivity index (χ3n) is 1.78. The normalized spacial score (nSPS) is 9.73. The maximum absolute atomic E-state index is 11.4. The van der Waals surface area contributed by atoms with Crippen molar-refractivity contribution in [3.05, 3.63) is 39.4 Å². The first kappa shape index (κ1) is 12.5. The van der Waals surface area contributed by atoms with Gasteiger partial charge < -0.3 is 5.32 Å². The molecule has 1 rings (SSSR count). The van der Waals surface area contributed by atoms with Gasteiger partial charge >= 0.3 is 0 Å². The average molecular weight is 336 g/mol. The number of anilines is 1. The number of carbonyl (C=O) groups excluding carboxylic acids is 1. The van der Waals surface area contributed by atoms with Crippen LogP contribution in [0, 0.1) is 3.57 Å². The summed E-state index contributed by atoms with van der Waals surface area (Å²) in [6, 6.07) is 5.50. The highest BCUT2D eigenvalue weighted by atomic mass is 127. The molecule has 0 aliphatic heterocycles. The zero-order valence-electron chi connectivity index (χ0n) is 8.09. The molecule has 1 amide bonds. The maximum atomic E-state index is 11.4. The Morgan fingerprint density at radius 1 is 1.60 bits per heavy atom. The van der Waals surface area contributed by atoms with Gasteiger partial charge in [-0.15, -0.1) is 6.58 Å². The predicted molar refractivity (Wildman–Crippen MR) is 72.2 cm³/mol. The van der Waals surface area contributed by atoms with E-state index in [-0.39, 0.29) is 5.91 Å². The molecule has 0 saturated heterocycles. The molecule has 0 atom stereocenters. The Morgan fingerprint density at radius 2 is 2.33 bits per heavy atom. The molecule has 1 N–H and O–H groups in total. The maximum Gasteiger partial charge on any atom is 0.224 e. The summed E-state index contributed by atoms with van der Waals surface area (Å²) in [5.41, 5.74) is 0.664. The Kier molecular flexibility index (Phi) is 5.11. The topological polar surface area (TPSA) is 29.1 Å². The van der Waals surface area contributed by atoms with Gasteiger partial charge in [-0.1, -0.05) is 17.7 Å². The fourth-order valence-corrected chi connectivity index (χ4v) is 1.70. The van der Waals surface area contributed by atoms with E-state index < -0.39 is 0 Å². The van der Waals surface area contributed by atoms with Crippen LogP contribution in [-0.2, 0) is 4.79 Å². The molecule has 0 aliphatic rings. The minimum Gasteiger partial charge on any atom is -0.325 e. The van der Waals surface area contributed by atoms with E-state index in [4.69, 9.17) is 11.6 Å². The Balaban J connectivity index is 2.67. The summed E-state index contributed by atoms with van der Waals surface area (Å²) < 4.78 is 1.04. The van der Waals surface area contributed by atoms with Crippen molar-refractivity contribution in [2.24, 2.45) is 0 Å². The van der Waals surface area contributed by atoms with Crippen LogP contribution in [0.1, 0.15) is 12.8 Å². The van der Waals surface area contributed by atoms with Gasteiger partial charge in [0.25, 0.3) is 0 Å². The summed E-state index contributed by atoms with van der Waals surface area (Å²) in [4.78, 5) is 11.4. The van der Waals surface area contributed by atoms with Crippen molar-refractivity contribution in [1.29, 1.82) is 0 Å². The lowest BCUT2D eigenvalue weighted by molar-refractivity contribution is -0.116. The van der Waals surface area contributed by atoms with Crippen molar-refractivity contribution in [3.8, 4) is 0 Å². The number of hydrogen-bond donors (Lipinski definition) is 1. The van der Waals surface area contributed by atoms with Gasteiger partial charge in [0.15, 0.2) is 0 Å². The lowest BCUT2D eigenvalue weighted by Gasteiger charge is -2.06. The summed E-state index contributed by atoms with van der Waals surface area (Å²) in [6.45, 7) is 3.56. The molecular weight excluding hydrogens is 324 g/mol. The quantitative estimate of drug-likeness (QED) is 0.657. The fourth-order valence-electron chi connectivity index (χ4n) is 1.04. The minimum absolute atomic E-state index is 0.0428. The Labute approximate surface area is 108 Å². The van der Waals surface area contributed by atoms with E-state index in [9.17, 15) is 4.79 Å². The second-order valence-electron chi connectivity index (χ2n) is 3.00. The highest BCUT2D eigenvalue weighted by Crippen LogP contribution is 2.23. The molecule has 15 heavy (non-hydrogen) atoms. The van der Waals surface area contributed by atoms with E-state index in [0.717, 1.165) is 3.57 Å². The van der Waals surface area contributed by atoms with E-state index in [2.05, 4.69) is 34.5 Å². The van der Waals surface area contributed by atoms with Crippen molar-refractivity contribution >= 4 is 45.8 Å². The molecule has 0 aliphatic carbocycles. The average Bonchev–Trinajstić information content (AvgIpc) is 2.20. The first-order chi connectivity index (χ1) is 7.13. The number of nitrogens with one attached hydrogen (secondary N) is 1. The van der Waals surface area contributed by atoms with Crippen molar-refractivity contribution in [2.75, 3.05) is 5.32 Å². The van der Waals surface area contributed by atoms with Crippen LogP contribution in [-0.4, -0.2) is 5.91 Å². The molecule has 2 nitrogen and oxygen atoms in total. The molecule has 0 fully saturated rings. The molecular formula is C11H11ClINO. The van der Waals surface area contributed by atoms with E-state index in [1.54, 1.807) is 12.1 Å². The first-order valence-corrected chi connectivity index (χ1v) is 5.95. The van der Waals surface area contributed by atoms with Crippen LogP contribution in [0.4, 0.5) is 5.69 Å². The van der Waals surface area contributed by atoms with Crippen LogP contribution in [0.15, 0.2) is 30.9 Å². The monoisotopic (exact) mass is 335 g/mol. The summed E-state index contributed by atoms with van der Waals surface area (Å²) in [6.07, 6.45) is 2.83.